The minimum atomic E-state index is -1.20. The van der Waals surface area contributed by atoms with Crippen LogP contribution in [0.2, 0.25) is 0 Å². The Morgan fingerprint density at radius 1 is 1.25 bits per heavy atom. The molecule has 0 spiro atoms. The number of ether oxygens (including phenoxy) is 1. The van der Waals surface area contributed by atoms with Crippen LogP contribution in [0.3, 0.4) is 0 Å². The minimum Gasteiger partial charge on any atom is -0.487 e. The van der Waals surface area contributed by atoms with Gasteiger partial charge in [-0.05, 0) is 48.8 Å². The zero-order chi connectivity index (χ0) is 23.0. The highest BCUT2D eigenvalue weighted by molar-refractivity contribution is 7.03. The maximum atomic E-state index is 12.7. The lowest BCUT2D eigenvalue weighted by molar-refractivity contribution is 0.0693. The zero-order valence-electron chi connectivity index (χ0n) is 18.9. The Morgan fingerprint density at radius 3 is 2.62 bits per heavy atom. The molecule has 2 aliphatic heterocycles. The molecule has 0 aliphatic carbocycles. The number of carbonyl (C=O) groups is 1. The molecule has 1 unspecified atom stereocenters. The highest BCUT2D eigenvalue weighted by Gasteiger charge is 2.40. The first-order valence-electron chi connectivity index (χ1n) is 10.7. The molecule has 0 saturated carbocycles. The molecular weight excluding hydrogens is 424 g/mol. The molecule has 0 bridgehead atoms. The predicted molar refractivity (Wildman–Crippen MR) is 125 cm³/mol. The van der Waals surface area contributed by atoms with E-state index in [0.717, 1.165) is 41.0 Å². The van der Waals surface area contributed by atoms with E-state index in [0.29, 0.717) is 0 Å². The topological polar surface area (TPSA) is 81.4 Å². The van der Waals surface area contributed by atoms with Crippen molar-refractivity contribution in [3.63, 3.8) is 0 Å². The van der Waals surface area contributed by atoms with Crippen molar-refractivity contribution < 1.29 is 14.6 Å². The summed E-state index contributed by atoms with van der Waals surface area (Å²) in [6, 6.07) is 3.58. The van der Waals surface area contributed by atoms with Crippen molar-refractivity contribution in [3.05, 3.63) is 56.8 Å². The van der Waals surface area contributed by atoms with Gasteiger partial charge in [0.2, 0.25) is 0 Å². The Morgan fingerprint density at radius 2 is 2.00 bits per heavy atom. The molecule has 1 atom stereocenters. The number of hydrogen-bond acceptors (Lipinski definition) is 5. The van der Waals surface area contributed by atoms with E-state index >= 15 is 0 Å². The summed E-state index contributed by atoms with van der Waals surface area (Å²) in [7, 11) is 0. The molecule has 1 aromatic carbocycles. The molecule has 0 saturated heterocycles. The summed E-state index contributed by atoms with van der Waals surface area (Å²) in [5, 5.41) is 11.6. The first kappa shape index (κ1) is 20.9. The predicted octanol–water partition coefficient (Wildman–Crippen LogP) is 5.19. The van der Waals surface area contributed by atoms with E-state index in [1.807, 2.05) is 16.1 Å². The number of aromatic carboxylic acids is 1. The summed E-state index contributed by atoms with van der Waals surface area (Å²) in [5.74, 6) is -0.294. The summed E-state index contributed by atoms with van der Waals surface area (Å²) >= 11 is 1.39. The van der Waals surface area contributed by atoms with Crippen molar-refractivity contribution in [2.24, 2.45) is 5.41 Å². The van der Waals surface area contributed by atoms with Gasteiger partial charge in [0.05, 0.1) is 5.69 Å². The van der Waals surface area contributed by atoms with Crippen LogP contribution >= 0.6 is 11.5 Å². The Balaban J connectivity index is 1.85. The molecular formula is C25H26N2O4S. The van der Waals surface area contributed by atoms with Gasteiger partial charge in [-0.25, -0.2) is 9.17 Å². The summed E-state index contributed by atoms with van der Waals surface area (Å²) < 4.78 is 12.7. The summed E-state index contributed by atoms with van der Waals surface area (Å²) in [6.45, 7) is 10.6. The summed E-state index contributed by atoms with van der Waals surface area (Å²) in [5.41, 5.74) is 4.93. The van der Waals surface area contributed by atoms with Crippen molar-refractivity contribution in [1.29, 1.82) is 0 Å². The van der Waals surface area contributed by atoms with Gasteiger partial charge in [-0.15, -0.1) is 0 Å². The molecule has 7 heteroatoms. The van der Waals surface area contributed by atoms with Crippen LogP contribution in [0.5, 0.6) is 5.75 Å². The molecule has 2 aromatic heterocycles. The smallest absolute Gasteiger partial charge is 0.341 e. The minimum absolute atomic E-state index is 0.00479. The van der Waals surface area contributed by atoms with Crippen molar-refractivity contribution in [1.82, 2.24) is 8.94 Å². The molecule has 0 radical (unpaired) electrons. The number of aromatic nitrogens is 2. The van der Waals surface area contributed by atoms with Crippen molar-refractivity contribution >= 4 is 17.5 Å². The molecule has 166 valence electrons. The molecule has 32 heavy (non-hydrogen) atoms. The highest BCUT2D eigenvalue weighted by atomic mass is 32.1. The number of fused-ring (bicyclic) bond motifs is 5. The largest absolute Gasteiger partial charge is 0.487 e. The first-order chi connectivity index (χ1) is 15.0. The molecule has 4 heterocycles. The fraction of sp³-hybridized carbons (Fsp3) is 0.400. The second kappa shape index (κ2) is 6.78. The van der Waals surface area contributed by atoms with E-state index in [9.17, 15) is 14.7 Å². The first-order valence-corrected chi connectivity index (χ1v) is 11.6. The molecule has 5 rings (SSSR count). The number of carboxylic acid groups (broad SMARTS) is 1. The van der Waals surface area contributed by atoms with Crippen LogP contribution in [0.4, 0.5) is 0 Å². The number of nitrogens with zero attached hydrogens (tertiary/aromatic N) is 2. The quantitative estimate of drug-likeness (QED) is 0.581. The molecule has 0 amide bonds. The van der Waals surface area contributed by atoms with Gasteiger partial charge in [-0.3, -0.25) is 4.79 Å². The third-order valence-electron chi connectivity index (χ3n) is 6.54. The van der Waals surface area contributed by atoms with E-state index in [1.165, 1.54) is 34.9 Å². The lowest BCUT2D eigenvalue weighted by atomic mass is 9.76. The maximum Gasteiger partial charge on any atom is 0.341 e. The van der Waals surface area contributed by atoms with E-state index in [1.54, 1.807) is 0 Å². The third-order valence-corrected chi connectivity index (χ3v) is 7.13. The Labute approximate surface area is 190 Å². The fourth-order valence-electron chi connectivity index (χ4n) is 5.01. The second-order valence-electron chi connectivity index (χ2n) is 10.4. The van der Waals surface area contributed by atoms with Gasteiger partial charge in [-0.1, -0.05) is 20.8 Å². The Kier molecular flexibility index (Phi) is 4.44. The number of hydrogen-bond donors (Lipinski definition) is 1. The van der Waals surface area contributed by atoms with Crippen LogP contribution in [0, 0.1) is 5.41 Å². The molecule has 2 aliphatic rings. The van der Waals surface area contributed by atoms with Gasteiger partial charge in [0, 0.05) is 58.6 Å². The van der Waals surface area contributed by atoms with Crippen molar-refractivity contribution in [2.45, 2.75) is 59.1 Å². The van der Waals surface area contributed by atoms with Crippen LogP contribution in [-0.2, 0) is 12.8 Å². The second-order valence-corrected chi connectivity index (χ2v) is 11.1. The Hall–Kier alpha value is -2.93. The highest BCUT2D eigenvalue weighted by Crippen LogP contribution is 2.52. The van der Waals surface area contributed by atoms with Gasteiger partial charge in [-0.2, -0.15) is 0 Å². The molecule has 0 fully saturated rings. The molecule has 3 aromatic rings. The van der Waals surface area contributed by atoms with Crippen molar-refractivity contribution in [3.8, 4) is 28.1 Å². The monoisotopic (exact) mass is 450 g/mol. The standard InChI is InChI=1S/C25H26N2O4S/c1-24(2,3)21-7-15-16(19-8-20(28)18(23(29)30)11-27(19)21)6-14(13-10-26-32-12-13)22-17(15)9-25(4,5)31-22/h6,8,10-12,21H,7,9H2,1-5H3,(H,29,30). The van der Waals surface area contributed by atoms with Crippen LogP contribution in [0.15, 0.2) is 34.7 Å². The normalized spacial score (nSPS) is 18.5. The molecule has 1 N–H and O–H groups in total. The molecule has 6 nitrogen and oxygen atoms in total. The lowest BCUT2D eigenvalue weighted by Crippen LogP contribution is -2.33. The summed E-state index contributed by atoms with van der Waals surface area (Å²) in [4.78, 5) is 24.4. The lowest BCUT2D eigenvalue weighted by Gasteiger charge is -2.39. The van der Waals surface area contributed by atoms with Crippen LogP contribution in [0.1, 0.15) is 62.1 Å². The van der Waals surface area contributed by atoms with Crippen LogP contribution in [0.25, 0.3) is 22.4 Å². The maximum absolute atomic E-state index is 12.7. The average molecular weight is 451 g/mol. The van der Waals surface area contributed by atoms with Crippen LogP contribution < -0.4 is 10.2 Å². The fourth-order valence-corrected chi connectivity index (χ4v) is 5.55. The van der Waals surface area contributed by atoms with E-state index < -0.39 is 11.4 Å². The Bertz CT molecular complexity index is 1310. The summed E-state index contributed by atoms with van der Waals surface area (Å²) in [6.07, 6.45) is 4.89. The van der Waals surface area contributed by atoms with Gasteiger partial charge >= 0.3 is 5.97 Å². The van der Waals surface area contributed by atoms with E-state index in [4.69, 9.17) is 4.74 Å². The van der Waals surface area contributed by atoms with Gasteiger partial charge in [0.1, 0.15) is 16.9 Å². The number of benzene rings is 1. The average Bonchev–Trinajstić information content (AvgIpc) is 3.32. The van der Waals surface area contributed by atoms with E-state index in [-0.39, 0.29) is 22.6 Å². The van der Waals surface area contributed by atoms with Gasteiger partial charge in [0.25, 0.3) is 0 Å². The number of rotatable bonds is 2. The van der Waals surface area contributed by atoms with E-state index in [2.05, 4.69) is 45.1 Å². The third kappa shape index (κ3) is 3.18. The number of pyridine rings is 1. The zero-order valence-corrected chi connectivity index (χ0v) is 19.7. The SMILES string of the molecule is CC1(C)Cc2c3c(cc(-c4cnsc4)c2O1)-c1cc(=O)c(C(=O)O)cn1C(C(C)(C)C)C3. The van der Waals surface area contributed by atoms with Gasteiger partial charge < -0.3 is 14.4 Å². The number of carboxylic acids is 1. The van der Waals surface area contributed by atoms with Crippen molar-refractivity contribution in [2.75, 3.05) is 0 Å². The van der Waals surface area contributed by atoms with Gasteiger partial charge in [0.15, 0.2) is 5.43 Å². The van der Waals surface area contributed by atoms with Crippen LogP contribution in [-0.4, -0.2) is 25.6 Å².